The average Bonchev–Trinajstić information content (AvgIpc) is 2.63. The van der Waals surface area contributed by atoms with E-state index in [-0.39, 0.29) is 12.5 Å². The topological polar surface area (TPSA) is 84.1 Å². The molecule has 0 aliphatic rings. The second-order valence-electron chi connectivity index (χ2n) is 4.28. The monoisotopic (exact) mass is 257 g/mol. The zero-order valence-electron chi connectivity index (χ0n) is 10.4. The van der Waals surface area contributed by atoms with Crippen molar-refractivity contribution < 1.29 is 4.79 Å². The van der Waals surface area contributed by atoms with E-state index in [9.17, 15) is 4.79 Å². The van der Waals surface area contributed by atoms with Crippen LogP contribution in [0.5, 0.6) is 0 Å². The number of nitrogens with zero attached hydrogens (tertiary/aromatic N) is 3. The summed E-state index contributed by atoms with van der Waals surface area (Å²) in [4.78, 5) is 13.0. The summed E-state index contributed by atoms with van der Waals surface area (Å²) in [7, 11) is 1.81. The van der Waals surface area contributed by atoms with Crippen LogP contribution in [0.2, 0.25) is 0 Å². The fraction of sp³-hybridized carbons (Fsp3) is 0.700. The van der Waals surface area contributed by atoms with Gasteiger partial charge >= 0.3 is 0 Å². The van der Waals surface area contributed by atoms with Crippen LogP contribution in [0.15, 0.2) is 0 Å². The summed E-state index contributed by atoms with van der Waals surface area (Å²) >= 11 is 1.49. The van der Waals surface area contributed by atoms with E-state index in [1.165, 1.54) is 11.3 Å². The van der Waals surface area contributed by atoms with Crippen LogP contribution < -0.4 is 11.1 Å². The predicted molar refractivity (Wildman–Crippen MR) is 68.8 cm³/mol. The quantitative estimate of drug-likeness (QED) is 0.744. The van der Waals surface area contributed by atoms with Gasteiger partial charge in [-0.3, -0.25) is 9.69 Å². The van der Waals surface area contributed by atoms with Gasteiger partial charge in [-0.2, -0.15) is 0 Å². The first kappa shape index (κ1) is 13.9. The first-order valence-corrected chi connectivity index (χ1v) is 6.33. The summed E-state index contributed by atoms with van der Waals surface area (Å²) in [5.41, 5.74) is 5.23. The zero-order valence-corrected chi connectivity index (χ0v) is 11.3. The van der Waals surface area contributed by atoms with E-state index in [4.69, 9.17) is 5.73 Å². The number of carbonyl (C=O) groups is 1. The lowest BCUT2D eigenvalue weighted by Gasteiger charge is -2.21. The maximum atomic E-state index is 11.0. The summed E-state index contributed by atoms with van der Waals surface area (Å²) in [6.07, 6.45) is 0. The summed E-state index contributed by atoms with van der Waals surface area (Å²) in [6.45, 7) is 5.89. The van der Waals surface area contributed by atoms with Crippen LogP contribution in [0.4, 0.5) is 5.13 Å². The van der Waals surface area contributed by atoms with E-state index < -0.39 is 0 Å². The number of carbonyl (C=O) groups excluding carboxylic acids is 1. The summed E-state index contributed by atoms with van der Waals surface area (Å²) in [5, 5.41) is 12.6. The molecule has 1 rings (SSSR count). The Kier molecular flexibility index (Phi) is 5.30. The van der Waals surface area contributed by atoms with Crippen LogP contribution in [0.3, 0.4) is 0 Å². The van der Waals surface area contributed by atoms with E-state index in [1.54, 1.807) is 7.05 Å². The summed E-state index contributed by atoms with van der Waals surface area (Å²) in [6, 6.07) is 0. The van der Waals surface area contributed by atoms with Gasteiger partial charge in [0.2, 0.25) is 11.0 Å². The molecule has 1 heterocycles. The molecule has 1 amide bonds. The molecule has 0 atom stereocenters. The fourth-order valence-corrected chi connectivity index (χ4v) is 2.27. The predicted octanol–water partition coefficient (Wildman–Crippen LogP) is 0.523. The van der Waals surface area contributed by atoms with E-state index in [2.05, 4.69) is 29.4 Å². The molecule has 0 aliphatic carbocycles. The third-order valence-electron chi connectivity index (χ3n) is 2.04. The van der Waals surface area contributed by atoms with Crippen LogP contribution in [-0.4, -0.2) is 41.1 Å². The average molecular weight is 257 g/mol. The van der Waals surface area contributed by atoms with Gasteiger partial charge in [-0.1, -0.05) is 25.2 Å². The minimum atomic E-state index is -0.316. The first-order valence-electron chi connectivity index (χ1n) is 5.52. The molecule has 96 valence electrons. The molecule has 0 aromatic carbocycles. The number of rotatable bonds is 7. The minimum absolute atomic E-state index is 0.257. The summed E-state index contributed by atoms with van der Waals surface area (Å²) < 4.78 is 0. The van der Waals surface area contributed by atoms with Crippen molar-refractivity contribution >= 4 is 22.4 Å². The van der Waals surface area contributed by atoms with Crippen molar-refractivity contribution in [1.29, 1.82) is 0 Å². The highest BCUT2D eigenvalue weighted by Crippen LogP contribution is 2.16. The number of hydrogen-bond donors (Lipinski definition) is 2. The molecular weight excluding hydrogens is 238 g/mol. The second kappa shape index (κ2) is 6.51. The SMILES string of the molecule is CNc1nnc(CN(CC(N)=O)CC(C)C)s1. The Bertz CT molecular complexity index is 365. The molecule has 1 aromatic rings. The van der Waals surface area contributed by atoms with E-state index in [0.29, 0.717) is 12.5 Å². The number of hydrogen-bond acceptors (Lipinski definition) is 6. The van der Waals surface area contributed by atoms with Gasteiger partial charge in [0.15, 0.2) is 0 Å². The summed E-state index contributed by atoms with van der Waals surface area (Å²) in [5.74, 6) is 0.162. The number of amides is 1. The molecule has 17 heavy (non-hydrogen) atoms. The second-order valence-corrected chi connectivity index (χ2v) is 5.34. The largest absolute Gasteiger partial charge is 0.369 e. The third-order valence-corrected chi connectivity index (χ3v) is 2.97. The standard InChI is InChI=1S/C10H19N5OS/c1-7(2)4-15(5-8(11)16)6-9-13-14-10(12-3)17-9/h7H,4-6H2,1-3H3,(H2,11,16)(H,12,14). The van der Waals surface area contributed by atoms with Crippen LogP contribution in [0, 0.1) is 5.92 Å². The molecule has 0 fully saturated rings. The number of nitrogens with two attached hydrogens (primary N) is 1. The van der Waals surface area contributed by atoms with Crippen molar-refractivity contribution in [2.45, 2.75) is 20.4 Å². The van der Waals surface area contributed by atoms with Gasteiger partial charge in [0.25, 0.3) is 0 Å². The van der Waals surface area contributed by atoms with Crippen LogP contribution in [-0.2, 0) is 11.3 Å². The Morgan fingerprint density at radius 2 is 2.24 bits per heavy atom. The molecule has 0 bridgehead atoms. The lowest BCUT2D eigenvalue weighted by atomic mass is 10.2. The zero-order chi connectivity index (χ0) is 12.8. The van der Waals surface area contributed by atoms with Crippen LogP contribution in [0.25, 0.3) is 0 Å². The molecule has 0 spiro atoms. The molecule has 1 aromatic heterocycles. The third kappa shape index (κ3) is 5.10. The van der Waals surface area contributed by atoms with Gasteiger partial charge in [0, 0.05) is 13.6 Å². The molecular formula is C10H19N5OS. The normalized spacial score (nSPS) is 11.1. The van der Waals surface area contributed by atoms with Crippen LogP contribution >= 0.6 is 11.3 Å². The number of anilines is 1. The van der Waals surface area contributed by atoms with Crippen molar-refractivity contribution in [3.8, 4) is 0 Å². The van der Waals surface area contributed by atoms with Gasteiger partial charge in [-0.05, 0) is 5.92 Å². The molecule has 0 saturated heterocycles. The smallest absolute Gasteiger partial charge is 0.231 e. The molecule has 0 saturated carbocycles. The van der Waals surface area contributed by atoms with Gasteiger partial charge in [-0.15, -0.1) is 10.2 Å². The number of aromatic nitrogens is 2. The molecule has 6 nitrogen and oxygen atoms in total. The van der Waals surface area contributed by atoms with Crippen molar-refractivity contribution in [3.63, 3.8) is 0 Å². The first-order chi connectivity index (χ1) is 8.01. The Morgan fingerprint density at radius 3 is 2.71 bits per heavy atom. The van der Waals surface area contributed by atoms with Crippen molar-refractivity contribution in [2.75, 3.05) is 25.5 Å². The molecule has 0 radical (unpaired) electrons. The van der Waals surface area contributed by atoms with E-state index >= 15 is 0 Å². The highest BCUT2D eigenvalue weighted by Gasteiger charge is 2.13. The van der Waals surface area contributed by atoms with Crippen LogP contribution in [0.1, 0.15) is 18.9 Å². The Balaban J connectivity index is 2.60. The van der Waals surface area contributed by atoms with Crippen molar-refractivity contribution in [1.82, 2.24) is 15.1 Å². The lowest BCUT2D eigenvalue weighted by Crippen LogP contribution is -2.35. The fourth-order valence-electron chi connectivity index (χ4n) is 1.53. The van der Waals surface area contributed by atoms with E-state index in [0.717, 1.165) is 16.7 Å². The number of primary amides is 1. The lowest BCUT2D eigenvalue weighted by molar-refractivity contribution is -0.119. The molecule has 0 unspecified atom stereocenters. The van der Waals surface area contributed by atoms with E-state index in [1.807, 2.05) is 4.90 Å². The highest BCUT2D eigenvalue weighted by atomic mass is 32.1. The minimum Gasteiger partial charge on any atom is -0.369 e. The van der Waals surface area contributed by atoms with Crippen molar-refractivity contribution in [2.24, 2.45) is 11.7 Å². The Labute approximate surface area is 105 Å². The van der Waals surface area contributed by atoms with Gasteiger partial charge < -0.3 is 11.1 Å². The molecule has 7 heteroatoms. The van der Waals surface area contributed by atoms with Gasteiger partial charge in [-0.25, -0.2) is 0 Å². The van der Waals surface area contributed by atoms with Crippen molar-refractivity contribution in [3.05, 3.63) is 5.01 Å². The Hall–Kier alpha value is -1.21. The molecule has 3 N–H and O–H groups in total. The Morgan fingerprint density at radius 1 is 1.53 bits per heavy atom. The maximum Gasteiger partial charge on any atom is 0.231 e. The molecule has 0 aliphatic heterocycles. The number of nitrogens with one attached hydrogen (secondary N) is 1. The highest BCUT2D eigenvalue weighted by molar-refractivity contribution is 7.15. The maximum absolute atomic E-state index is 11.0. The van der Waals surface area contributed by atoms with Gasteiger partial charge in [0.05, 0.1) is 13.1 Å². The van der Waals surface area contributed by atoms with Gasteiger partial charge in [0.1, 0.15) is 5.01 Å².